The van der Waals surface area contributed by atoms with Crippen LogP contribution in [0.15, 0.2) is 4.99 Å². The lowest BCUT2D eigenvalue weighted by atomic mass is 10.1. The molecular weight excluding hydrogens is 395 g/mol. The van der Waals surface area contributed by atoms with Crippen molar-refractivity contribution in [1.29, 1.82) is 0 Å². The molecule has 2 rings (SSSR count). The van der Waals surface area contributed by atoms with E-state index in [-0.39, 0.29) is 30.1 Å². The zero-order valence-electron chi connectivity index (χ0n) is 13.6. The molecule has 1 aliphatic carbocycles. The fourth-order valence-corrected chi connectivity index (χ4v) is 2.46. The van der Waals surface area contributed by atoms with Crippen LogP contribution in [0, 0.1) is 5.92 Å². The first-order valence-electron chi connectivity index (χ1n) is 8.19. The topological polar surface area (TPSA) is 66.0 Å². The number of rotatable bonds is 5. The summed E-state index contributed by atoms with van der Waals surface area (Å²) in [6.07, 6.45) is 4.33. The molecule has 0 radical (unpaired) electrons. The highest BCUT2D eigenvalue weighted by molar-refractivity contribution is 14.0. The Morgan fingerprint density at radius 2 is 1.91 bits per heavy atom. The second-order valence-electron chi connectivity index (χ2n) is 5.77. The van der Waals surface area contributed by atoms with Crippen LogP contribution in [-0.2, 0) is 4.74 Å². The Morgan fingerprint density at radius 1 is 1.23 bits per heavy atom. The maximum atomic E-state index is 11.7. The molecule has 1 amide bonds. The number of nitrogens with zero attached hydrogens (tertiary/aromatic N) is 2. The average Bonchev–Trinajstić information content (AvgIpc) is 3.30. The Morgan fingerprint density at radius 3 is 2.45 bits per heavy atom. The lowest BCUT2D eigenvalue weighted by Gasteiger charge is -2.32. The SMILES string of the molecule is CCNC(=NCC1CC1)NC1CCN(C(=O)OCC)CC1.I. The summed E-state index contributed by atoms with van der Waals surface area (Å²) in [5, 5.41) is 6.79. The molecule has 0 unspecified atom stereocenters. The van der Waals surface area contributed by atoms with Crippen LogP contribution in [0.25, 0.3) is 0 Å². The molecule has 0 aromatic carbocycles. The van der Waals surface area contributed by atoms with Crippen molar-refractivity contribution in [3.63, 3.8) is 0 Å². The Bertz CT molecular complexity index is 367. The number of hydrogen-bond donors (Lipinski definition) is 2. The number of aliphatic imine (C=N–C) groups is 1. The van der Waals surface area contributed by atoms with Crippen LogP contribution in [0.1, 0.15) is 39.5 Å². The third kappa shape index (κ3) is 6.58. The van der Waals surface area contributed by atoms with Gasteiger partial charge in [0.25, 0.3) is 0 Å². The lowest BCUT2D eigenvalue weighted by Crippen LogP contribution is -2.50. The maximum absolute atomic E-state index is 11.7. The first-order chi connectivity index (χ1) is 10.2. The molecule has 2 fully saturated rings. The van der Waals surface area contributed by atoms with Gasteiger partial charge in [0.2, 0.25) is 0 Å². The van der Waals surface area contributed by atoms with Crippen LogP contribution in [-0.4, -0.2) is 55.8 Å². The number of likely N-dealkylation sites (tertiary alicyclic amines) is 1. The smallest absolute Gasteiger partial charge is 0.409 e. The summed E-state index contributed by atoms with van der Waals surface area (Å²) in [6, 6.07) is 0.382. The van der Waals surface area contributed by atoms with Crippen molar-refractivity contribution in [3.8, 4) is 0 Å². The number of piperidine rings is 1. The van der Waals surface area contributed by atoms with E-state index < -0.39 is 0 Å². The van der Waals surface area contributed by atoms with Crippen molar-refractivity contribution in [2.24, 2.45) is 10.9 Å². The Balaban J connectivity index is 0.00000242. The molecule has 1 saturated carbocycles. The monoisotopic (exact) mass is 424 g/mol. The van der Waals surface area contributed by atoms with Crippen LogP contribution in [0.2, 0.25) is 0 Å². The number of carbonyl (C=O) groups excluding carboxylic acids is 1. The molecule has 0 bridgehead atoms. The molecule has 6 nitrogen and oxygen atoms in total. The second-order valence-corrected chi connectivity index (χ2v) is 5.77. The van der Waals surface area contributed by atoms with Crippen molar-refractivity contribution in [2.75, 3.05) is 32.8 Å². The molecule has 1 heterocycles. The van der Waals surface area contributed by atoms with Gasteiger partial charge in [0.1, 0.15) is 0 Å². The van der Waals surface area contributed by atoms with Gasteiger partial charge >= 0.3 is 6.09 Å². The Hall–Kier alpha value is -0.730. The maximum Gasteiger partial charge on any atom is 0.409 e. The molecule has 1 aliphatic heterocycles. The van der Waals surface area contributed by atoms with E-state index in [1.807, 2.05) is 6.92 Å². The first-order valence-corrected chi connectivity index (χ1v) is 8.19. The van der Waals surface area contributed by atoms with Gasteiger partial charge in [-0.2, -0.15) is 0 Å². The van der Waals surface area contributed by atoms with E-state index in [2.05, 4.69) is 22.5 Å². The molecule has 0 aromatic heterocycles. The highest BCUT2D eigenvalue weighted by Crippen LogP contribution is 2.28. The van der Waals surface area contributed by atoms with Crippen LogP contribution in [0.4, 0.5) is 4.79 Å². The van der Waals surface area contributed by atoms with Crippen LogP contribution in [0.3, 0.4) is 0 Å². The Labute approximate surface area is 150 Å². The van der Waals surface area contributed by atoms with E-state index in [1.54, 1.807) is 4.90 Å². The molecule has 7 heteroatoms. The summed E-state index contributed by atoms with van der Waals surface area (Å²) in [6.45, 7) is 7.66. The van der Waals surface area contributed by atoms with Crippen molar-refractivity contribution in [1.82, 2.24) is 15.5 Å². The molecule has 22 heavy (non-hydrogen) atoms. The average molecular weight is 424 g/mol. The van der Waals surface area contributed by atoms with E-state index in [0.29, 0.717) is 12.6 Å². The molecule has 0 aromatic rings. The number of guanidine groups is 1. The third-order valence-electron chi connectivity index (χ3n) is 3.91. The summed E-state index contributed by atoms with van der Waals surface area (Å²) in [5.41, 5.74) is 0. The fourth-order valence-electron chi connectivity index (χ4n) is 2.46. The predicted molar refractivity (Wildman–Crippen MR) is 98.9 cm³/mol. The number of hydrogen-bond acceptors (Lipinski definition) is 3. The zero-order valence-corrected chi connectivity index (χ0v) is 16.0. The summed E-state index contributed by atoms with van der Waals surface area (Å²) in [5.74, 6) is 1.71. The molecule has 2 aliphatic rings. The summed E-state index contributed by atoms with van der Waals surface area (Å²) in [7, 11) is 0. The summed E-state index contributed by atoms with van der Waals surface area (Å²) in [4.78, 5) is 18.1. The van der Waals surface area contributed by atoms with Crippen molar-refractivity contribution >= 4 is 36.0 Å². The van der Waals surface area contributed by atoms with Gasteiger partial charge < -0.3 is 20.3 Å². The third-order valence-corrected chi connectivity index (χ3v) is 3.91. The molecule has 128 valence electrons. The largest absolute Gasteiger partial charge is 0.450 e. The Kier molecular flexibility index (Phi) is 8.89. The van der Waals surface area contributed by atoms with E-state index >= 15 is 0 Å². The molecular formula is C15H29IN4O2. The number of halogens is 1. The molecule has 2 N–H and O–H groups in total. The number of ether oxygens (including phenoxy) is 1. The van der Waals surface area contributed by atoms with Gasteiger partial charge in [0, 0.05) is 32.2 Å². The minimum absolute atomic E-state index is 0. The number of amides is 1. The lowest BCUT2D eigenvalue weighted by molar-refractivity contribution is 0.0963. The first kappa shape index (κ1) is 19.3. The highest BCUT2D eigenvalue weighted by Gasteiger charge is 2.24. The second kappa shape index (κ2) is 10.1. The molecule has 0 atom stereocenters. The van der Waals surface area contributed by atoms with Gasteiger partial charge in [0.05, 0.1) is 6.61 Å². The van der Waals surface area contributed by atoms with Gasteiger partial charge in [0.15, 0.2) is 5.96 Å². The van der Waals surface area contributed by atoms with Gasteiger partial charge in [-0.3, -0.25) is 4.99 Å². The van der Waals surface area contributed by atoms with E-state index in [9.17, 15) is 4.79 Å². The van der Waals surface area contributed by atoms with E-state index in [4.69, 9.17) is 4.74 Å². The predicted octanol–water partition coefficient (Wildman–Crippen LogP) is 2.19. The van der Waals surface area contributed by atoms with Crippen molar-refractivity contribution in [2.45, 2.75) is 45.6 Å². The van der Waals surface area contributed by atoms with Crippen LogP contribution >= 0.6 is 24.0 Å². The van der Waals surface area contributed by atoms with Crippen LogP contribution in [0.5, 0.6) is 0 Å². The standard InChI is InChI=1S/C15H28N4O2.HI/c1-3-16-14(17-11-12-5-6-12)18-13-7-9-19(10-8-13)15(20)21-4-2;/h12-13H,3-11H2,1-2H3,(H2,16,17,18);1H. The number of carbonyl (C=O) groups is 1. The minimum Gasteiger partial charge on any atom is -0.450 e. The summed E-state index contributed by atoms with van der Waals surface area (Å²) < 4.78 is 5.04. The minimum atomic E-state index is -0.190. The van der Waals surface area contributed by atoms with Gasteiger partial charge in [-0.1, -0.05) is 0 Å². The quantitative estimate of drug-likeness (QED) is 0.404. The van der Waals surface area contributed by atoms with Gasteiger partial charge in [-0.25, -0.2) is 4.79 Å². The normalized spacial score (nSPS) is 19.4. The molecule has 1 saturated heterocycles. The fraction of sp³-hybridized carbons (Fsp3) is 0.867. The zero-order chi connectivity index (χ0) is 15.1. The van der Waals surface area contributed by atoms with Gasteiger partial charge in [-0.05, 0) is 45.4 Å². The van der Waals surface area contributed by atoms with Crippen molar-refractivity contribution in [3.05, 3.63) is 0 Å². The van der Waals surface area contributed by atoms with E-state index in [0.717, 1.165) is 50.9 Å². The molecule has 0 spiro atoms. The summed E-state index contributed by atoms with van der Waals surface area (Å²) >= 11 is 0. The highest BCUT2D eigenvalue weighted by atomic mass is 127. The van der Waals surface area contributed by atoms with E-state index in [1.165, 1.54) is 12.8 Å². The number of nitrogens with one attached hydrogen (secondary N) is 2. The van der Waals surface area contributed by atoms with Crippen molar-refractivity contribution < 1.29 is 9.53 Å². The van der Waals surface area contributed by atoms with Gasteiger partial charge in [-0.15, -0.1) is 24.0 Å². The van der Waals surface area contributed by atoms with Crippen LogP contribution < -0.4 is 10.6 Å².